The van der Waals surface area contributed by atoms with Gasteiger partial charge < -0.3 is 14.4 Å². The molecule has 0 atom stereocenters. The topological polar surface area (TPSA) is 47.5 Å². The summed E-state index contributed by atoms with van der Waals surface area (Å²) in [4.78, 5) is 10.5. The Labute approximate surface area is 118 Å². The fraction of sp³-hybridized carbons (Fsp3) is 0.692. The van der Waals surface area contributed by atoms with Crippen molar-refractivity contribution in [3.05, 3.63) is 11.2 Å². The summed E-state index contributed by atoms with van der Waals surface area (Å²) >= 11 is 6.21. The lowest BCUT2D eigenvalue weighted by atomic mass is 9.99. The maximum Gasteiger partial charge on any atom is 0.318 e. The van der Waals surface area contributed by atoms with Crippen LogP contribution in [0.1, 0.15) is 27.7 Å². The molecule has 0 unspecified atom stereocenters. The van der Waals surface area contributed by atoms with Crippen LogP contribution in [0.4, 0.5) is 5.82 Å². The minimum atomic E-state index is -0.261. The molecule has 5 nitrogen and oxygen atoms in total. The van der Waals surface area contributed by atoms with Crippen LogP contribution in [-0.4, -0.2) is 41.4 Å². The minimum absolute atomic E-state index is 0.261. The molecule has 106 valence electrons. The molecule has 2 heterocycles. The second kappa shape index (κ2) is 4.80. The monoisotopic (exact) mass is 285 g/mol. The Bertz CT molecular complexity index is 461. The zero-order valence-corrected chi connectivity index (χ0v) is 12.8. The van der Waals surface area contributed by atoms with Crippen molar-refractivity contribution < 1.29 is 9.47 Å². The maximum atomic E-state index is 6.21. The summed E-state index contributed by atoms with van der Waals surface area (Å²) in [7, 11) is 1.54. The van der Waals surface area contributed by atoms with Crippen molar-refractivity contribution in [1.29, 1.82) is 0 Å². The van der Waals surface area contributed by atoms with Gasteiger partial charge in [-0.15, -0.1) is 0 Å². The Kier molecular flexibility index (Phi) is 3.62. The fourth-order valence-corrected chi connectivity index (χ4v) is 2.81. The first kappa shape index (κ1) is 14.3. The highest BCUT2D eigenvalue weighted by Crippen LogP contribution is 2.33. The van der Waals surface area contributed by atoms with Gasteiger partial charge >= 0.3 is 6.01 Å². The van der Waals surface area contributed by atoms with Gasteiger partial charge in [0.2, 0.25) is 0 Å². The molecule has 0 aliphatic carbocycles. The van der Waals surface area contributed by atoms with Crippen LogP contribution in [-0.2, 0) is 4.74 Å². The van der Waals surface area contributed by atoms with Crippen LogP contribution >= 0.6 is 11.6 Å². The summed E-state index contributed by atoms with van der Waals surface area (Å²) in [5.74, 6) is 0.693. The lowest BCUT2D eigenvalue weighted by molar-refractivity contribution is -0.133. The van der Waals surface area contributed by atoms with Crippen LogP contribution in [0.15, 0.2) is 6.20 Å². The molecule has 1 aliphatic rings. The highest BCUT2D eigenvalue weighted by atomic mass is 35.5. The molecular formula is C13H20ClN3O2. The molecule has 2 rings (SSSR count). The summed E-state index contributed by atoms with van der Waals surface area (Å²) in [5, 5.41) is 0.523. The summed E-state index contributed by atoms with van der Waals surface area (Å²) in [6.07, 6.45) is 1.57. The van der Waals surface area contributed by atoms with E-state index in [1.165, 1.54) is 0 Å². The predicted molar refractivity (Wildman–Crippen MR) is 75.1 cm³/mol. The zero-order valence-electron chi connectivity index (χ0n) is 12.0. The summed E-state index contributed by atoms with van der Waals surface area (Å²) in [6.45, 7) is 9.69. The molecule has 0 amide bonds. The van der Waals surface area contributed by atoms with E-state index in [-0.39, 0.29) is 11.2 Å². The van der Waals surface area contributed by atoms with Crippen LogP contribution < -0.4 is 9.64 Å². The van der Waals surface area contributed by atoms with E-state index in [2.05, 4.69) is 42.6 Å². The molecule has 1 aromatic rings. The smallest absolute Gasteiger partial charge is 0.318 e. The highest BCUT2D eigenvalue weighted by molar-refractivity contribution is 6.32. The third kappa shape index (κ3) is 3.28. The number of hydrogen-bond acceptors (Lipinski definition) is 5. The standard InChI is InChI=1S/C13H20ClN3O2/c1-12(2)7-17(8-13(3,4)19-12)10-9(14)6-15-11(16-10)18-5/h6H,7-8H2,1-5H3. The quantitative estimate of drug-likeness (QED) is 0.836. The van der Waals surface area contributed by atoms with Crippen LogP contribution in [0.2, 0.25) is 5.02 Å². The molecule has 0 bridgehead atoms. The number of methoxy groups -OCH3 is 1. The first-order valence-corrected chi connectivity index (χ1v) is 6.62. The summed E-state index contributed by atoms with van der Waals surface area (Å²) in [6, 6.07) is 0.321. The van der Waals surface area contributed by atoms with Crippen molar-refractivity contribution in [3.8, 4) is 6.01 Å². The van der Waals surface area contributed by atoms with E-state index in [0.29, 0.717) is 16.9 Å². The summed E-state index contributed by atoms with van der Waals surface area (Å²) < 4.78 is 11.1. The third-order valence-electron chi connectivity index (χ3n) is 2.88. The zero-order chi connectivity index (χ0) is 14.3. The molecule has 0 radical (unpaired) electrons. The molecular weight excluding hydrogens is 266 g/mol. The number of anilines is 1. The molecule has 1 aromatic heterocycles. The van der Waals surface area contributed by atoms with Gasteiger partial charge in [-0.05, 0) is 27.7 Å². The van der Waals surface area contributed by atoms with E-state index in [1.807, 2.05) is 0 Å². The molecule has 1 saturated heterocycles. The number of rotatable bonds is 2. The van der Waals surface area contributed by atoms with Gasteiger partial charge in [0, 0.05) is 13.1 Å². The van der Waals surface area contributed by atoms with Gasteiger partial charge in [-0.25, -0.2) is 4.98 Å². The highest BCUT2D eigenvalue weighted by Gasteiger charge is 2.39. The van der Waals surface area contributed by atoms with Crippen molar-refractivity contribution in [2.75, 3.05) is 25.1 Å². The van der Waals surface area contributed by atoms with Crippen molar-refractivity contribution >= 4 is 17.4 Å². The first-order chi connectivity index (χ1) is 8.72. The van der Waals surface area contributed by atoms with Gasteiger partial charge in [0.1, 0.15) is 5.02 Å². The lowest BCUT2D eigenvalue weighted by Crippen LogP contribution is -2.57. The van der Waals surface area contributed by atoms with Crippen LogP contribution in [0.3, 0.4) is 0 Å². The van der Waals surface area contributed by atoms with E-state index in [1.54, 1.807) is 13.3 Å². The number of aromatic nitrogens is 2. The van der Waals surface area contributed by atoms with Crippen LogP contribution in [0.25, 0.3) is 0 Å². The van der Waals surface area contributed by atoms with Crippen molar-refractivity contribution in [3.63, 3.8) is 0 Å². The molecule has 19 heavy (non-hydrogen) atoms. The molecule has 0 N–H and O–H groups in total. The number of nitrogens with zero attached hydrogens (tertiary/aromatic N) is 3. The van der Waals surface area contributed by atoms with Gasteiger partial charge in [-0.3, -0.25) is 0 Å². The Hall–Kier alpha value is -1.07. The van der Waals surface area contributed by atoms with E-state index < -0.39 is 0 Å². The number of ether oxygens (including phenoxy) is 2. The van der Waals surface area contributed by atoms with E-state index in [9.17, 15) is 0 Å². The Morgan fingerprint density at radius 3 is 2.37 bits per heavy atom. The first-order valence-electron chi connectivity index (χ1n) is 6.24. The SMILES string of the molecule is COc1ncc(Cl)c(N2CC(C)(C)OC(C)(C)C2)n1. The van der Waals surface area contributed by atoms with Crippen LogP contribution in [0.5, 0.6) is 6.01 Å². The largest absolute Gasteiger partial charge is 0.467 e. The third-order valence-corrected chi connectivity index (χ3v) is 3.15. The molecule has 0 aromatic carbocycles. The number of halogens is 1. The van der Waals surface area contributed by atoms with Gasteiger partial charge in [-0.2, -0.15) is 4.98 Å². The van der Waals surface area contributed by atoms with Crippen molar-refractivity contribution in [2.24, 2.45) is 0 Å². The molecule has 1 fully saturated rings. The Morgan fingerprint density at radius 1 is 1.26 bits per heavy atom. The van der Waals surface area contributed by atoms with E-state index in [4.69, 9.17) is 21.1 Å². The second-order valence-corrected chi connectivity index (χ2v) is 6.41. The van der Waals surface area contributed by atoms with Gasteiger partial charge in [0.05, 0.1) is 24.5 Å². The normalized spacial score (nSPS) is 21.3. The maximum absolute atomic E-state index is 6.21. The van der Waals surface area contributed by atoms with E-state index >= 15 is 0 Å². The average molecular weight is 286 g/mol. The molecule has 6 heteroatoms. The minimum Gasteiger partial charge on any atom is -0.467 e. The fourth-order valence-electron chi connectivity index (χ4n) is 2.60. The Balaban J connectivity index is 2.35. The number of hydrogen-bond donors (Lipinski definition) is 0. The van der Waals surface area contributed by atoms with Gasteiger partial charge in [0.15, 0.2) is 5.82 Å². The van der Waals surface area contributed by atoms with Crippen LogP contribution in [0, 0.1) is 0 Å². The molecule has 0 saturated carbocycles. The average Bonchev–Trinajstić information content (AvgIpc) is 2.25. The predicted octanol–water partition coefficient (Wildman–Crippen LogP) is 2.53. The van der Waals surface area contributed by atoms with Gasteiger partial charge in [0.25, 0.3) is 0 Å². The summed E-state index contributed by atoms with van der Waals surface area (Å²) in [5.41, 5.74) is -0.521. The van der Waals surface area contributed by atoms with Gasteiger partial charge in [-0.1, -0.05) is 11.6 Å². The van der Waals surface area contributed by atoms with Crippen molar-refractivity contribution in [2.45, 2.75) is 38.9 Å². The number of morpholine rings is 1. The van der Waals surface area contributed by atoms with Crippen molar-refractivity contribution in [1.82, 2.24) is 9.97 Å². The van der Waals surface area contributed by atoms with E-state index in [0.717, 1.165) is 13.1 Å². The second-order valence-electron chi connectivity index (χ2n) is 6.01. The molecule has 1 aliphatic heterocycles. The lowest BCUT2D eigenvalue weighted by Gasteiger charge is -2.47. The Morgan fingerprint density at radius 2 is 1.84 bits per heavy atom. The molecule has 0 spiro atoms.